The maximum atomic E-state index is 12.1. The Hall–Kier alpha value is -3.97. The standard InChI is InChI=1S/C15H13N3O2S.C8H10O.C5H8/c1-9-3-5-12(16-8-9)14(19)18-15-17-11-6-4-10(20-2)7-13(11)21-15;1-7-3-5-8(9-2)6-4-7;1-4-5(2)3/h3-8H,1-2H3,(H,17,18,19);3-6H,1-2H3;4H,1-2H2,3H3. The van der Waals surface area contributed by atoms with E-state index >= 15 is 0 Å². The highest BCUT2D eigenvalue weighted by Crippen LogP contribution is 2.29. The summed E-state index contributed by atoms with van der Waals surface area (Å²) in [6.07, 6.45) is 3.39. The summed E-state index contributed by atoms with van der Waals surface area (Å²) in [6.45, 7) is 12.9. The van der Waals surface area contributed by atoms with Crippen molar-refractivity contribution in [3.8, 4) is 11.5 Å². The van der Waals surface area contributed by atoms with Gasteiger partial charge in [0, 0.05) is 6.20 Å². The largest absolute Gasteiger partial charge is 0.497 e. The van der Waals surface area contributed by atoms with Gasteiger partial charge in [0.15, 0.2) is 5.13 Å². The number of methoxy groups -OCH3 is 2. The Balaban J connectivity index is 0.000000255. The summed E-state index contributed by atoms with van der Waals surface area (Å²) < 4.78 is 11.1. The van der Waals surface area contributed by atoms with Crippen molar-refractivity contribution in [1.82, 2.24) is 9.97 Å². The zero-order valence-corrected chi connectivity index (χ0v) is 21.6. The predicted molar refractivity (Wildman–Crippen MR) is 146 cm³/mol. The van der Waals surface area contributed by atoms with Crippen molar-refractivity contribution in [1.29, 1.82) is 0 Å². The van der Waals surface area contributed by atoms with E-state index in [0.29, 0.717) is 10.8 Å². The maximum absolute atomic E-state index is 12.1. The molecular formula is C28H31N3O3S. The second kappa shape index (κ2) is 13.7. The number of rotatable bonds is 5. The number of nitrogens with zero attached hydrogens (tertiary/aromatic N) is 2. The molecule has 0 fully saturated rings. The van der Waals surface area contributed by atoms with Gasteiger partial charge in [0.05, 0.1) is 24.4 Å². The monoisotopic (exact) mass is 489 g/mol. The van der Waals surface area contributed by atoms with Crippen molar-refractivity contribution >= 4 is 32.6 Å². The van der Waals surface area contributed by atoms with Crippen LogP contribution < -0.4 is 14.8 Å². The minimum absolute atomic E-state index is 0.263. The molecule has 0 aliphatic heterocycles. The number of anilines is 1. The molecule has 0 aliphatic rings. The van der Waals surface area contributed by atoms with E-state index in [1.165, 1.54) is 16.9 Å². The fraction of sp³-hybridized carbons (Fsp3) is 0.179. The van der Waals surface area contributed by atoms with E-state index in [2.05, 4.69) is 35.4 Å². The fourth-order valence-corrected chi connectivity index (χ4v) is 3.41. The van der Waals surface area contributed by atoms with Gasteiger partial charge in [-0.05, 0) is 62.7 Å². The molecule has 0 bridgehead atoms. The number of hydrogen-bond donors (Lipinski definition) is 1. The number of carbonyl (C=O) groups excluding carboxylic acids is 1. The van der Waals surface area contributed by atoms with Gasteiger partial charge in [0.1, 0.15) is 17.2 Å². The molecule has 0 aliphatic carbocycles. The summed E-state index contributed by atoms with van der Waals surface area (Å²) in [5.74, 6) is 1.42. The van der Waals surface area contributed by atoms with E-state index in [4.69, 9.17) is 9.47 Å². The lowest BCUT2D eigenvalue weighted by molar-refractivity contribution is 0.102. The minimum Gasteiger partial charge on any atom is -0.497 e. The Labute approximate surface area is 211 Å². The summed E-state index contributed by atoms with van der Waals surface area (Å²) >= 11 is 1.40. The Bertz CT molecular complexity index is 1260. The lowest BCUT2D eigenvalue weighted by atomic mass is 10.2. The molecule has 4 rings (SSSR count). The third-order valence-corrected chi connectivity index (χ3v) is 5.50. The van der Waals surface area contributed by atoms with Gasteiger partial charge in [-0.2, -0.15) is 0 Å². The van der Waals surface area contributed by atoms with E-state index < -0.39 is 0 Å². The van der Waals surface area contributed by atoms with Crippen LogP contribution in [0.1, 0.15) is 28.5 Å². The first-order valence-electron chi connectivity index (χ1n) is 10.8. The topological polar surface area (TPSA) is 73.3 Å². The summed E-state index contributed by atoms with van der Waals surface area (Å²) in [5, 5.41) is 3.32. The molecule has 7 heteroatoms. The molecule has 0 saturated carbocycles. The summed E-state index contributed by atoms with van der Waals surface area (Å²) in [5.41, 5.74) is 4.49. The van der Waals surface area contributed by atoms with Crippen LogP contribution in [0.15, 0.2) is 85.6 Å². The molecule has 35 heavy (non-hydrogen) atoms. The first kappa shape index (κ1) is 27.3. The number of nitrogens with one attached hydrogen (secondary N) is 1. The first-order chi connectivity index (χ1) is 16.7. The quantitative estimate of drug-likeness (QED) is 0.305. The molecule has 0 spiro atoms. The van der Waals surface area contributed by atoms with Gasteiger partial charge in [-0.15, -0.1) is 0 Å². The van der Waals surface area contributed by atoms with Gasteiger partial charge in [-0.1, -0.05) is 59.9 Å². The minimum atomic E-state index is -0.263. The number of aromatic nitrogens is 2. The van der Waals surface area contributed by atoms with Gasteiger partial charge in [0.2, 0.25) is 0 Å². The number of carbonyl (C=O) groups is 1. The number of benzene rings is 2. The van der Waals surface area contributed by atoms with Crippen LogP contribution in [-0.2, 0) is 0 Å². The van der Waals surface area contributed by atoms with Crippen molar-refractivity contribution in [3.05, 3.63) is 102 Å². The number of allylic oxidation sites excluding steroid dienone is 2. The van der Waals surface area contributed by atoms with E-state index in [-0.39, 0.29) is 5.91 Å². The van der Waals surface area contributed by atoms with Crippen molar-refractivity contribution in [3.63, 3.8) is 0 Å². The highest BCUT2D eigenvalue weighted by atomic mass is 32.1. The molecule has 182 valence electrons. The van der Waals surface area contributed by atoms with Crippen molar-refractivity contribution in [2.45, 2.75) is 20.8 Å². The third kappa shape index (κ3) is 9.06. The van der Waals surface area contributed by atoms with Gasteiger partial charge in [-0.25, -0.2) is 4.98 Å². The van der Waals surface area contributed by atoms with E-state index in [9.17, 15) is 4.79 Å². The molecule has 6 nitrogen and oxygen atoms in total. The Morgan fingerprint density at radius 2 is 1.57 bits per heavy atom. The number of aryl methyl sites for hydroxylation is 2. The average Bonchev–Trinajstić information content (AvgIpc) is 3.27. The molecule has 0 saturated heterocycles. The number of ether oxygens (including phenoxy) is 2. The predicted octanol–water partition coefficient (Wildman–Crippen LogP) is 7.01. The van der Waals surface area contributed by atoms with E-state index in [1.54, 1.807) is 32.6 Å². The number of amides is 1. The van der Waals surface area contributed by atoms with Crippen molar-refractivity contribution in [2.24, 2.45) is 0 Å². The van der Waals surface area contributed by atoms with Crippen LogP contribution in [-0.4, -0.2) is 30.1 Å². The number of thiazole rings is 1. The van der Waals surface area contributed by atoms with E-state index in [0.717, 1.165) is 32.9 Å². The first-order valence-corrected chi connectivity index (χ1v) is 11.6. The molecule has 0 unspecified atom stereocenters. The zero-order valence-electron chi connectivity index (χ0n) is 20.8. The highest BCUT2D eigenvalue weighted by Gasteiger charge is 2.11. The highest BCUT2D eigenvalue weighted by molar-refractivity contribution is 7.22. The molecule has 0 atom stereocenters. The van der Waals surface area contributed by atoms with Crippen LogP contribution in [0.3, 0.4) is 0 Å². The molecule has 2 heterocycles. The lowest BCUT2D eigenvalue weighted by Crippen LogP contribution is -2.13. The van der Waals surface area contributed by atoms with Crippen LogP contribution in [0, 0.1) is 13.8 Å². The number of fused-ring (bicyclic) bond motifs is 1. The van der Waals surface area contributed by atoms with Gasteiger partial charge < -0.3 is 9.47 Å². The second-order valence-corrected chi connectivity index (χ2v) is 8.63. The summed E-state index contributed by atoms with van der Waals surface area (Å²) in [7, 11) is 3.29. The van der Waals surface area contributed by atoms with E-state index in [1.807, 2.05) is 62.4 Å². The molecule has 1 N–H and O–H groups in total. The maximum Gasteiger partial charge on any atom is 0.276 e. The molecule has 4 aromatic rings. The smallest absolute Gasteiger partial charge is 0.276 e. The summed E-state index contributed by atoms with van der Waals surface area (Å²) in [4.78, 5) is 20.6. The van der Waals surface area contributed by atoms with Crippen molar-refractivity contribution in [2.75, 3.05) is 19.5 Å². The van der Waals surface area contributed by atoms with Crippen LogP contribution in [0.5, 0.6) is 11.5 Å². The fourth-order valence-electron chi connectivity index (χ4n) is 2.52. The normalized spacial score (nSPS) is 9.63. The lowest BCUT2D eigenvalue weighted by Gasteiger charge is -2.00. The molecule has 2 aromatic carbocycles. The molecule has 0 radical (unpaired) electrons. The van der Waals surface area contributed by atoms with Gasteiger partial charge in [0.25, 0.3) is 5.91 Å². The van der Waals surface area contributed by atoms with Crippen LogP contribution >= 0.6 is 11.3 Å². The SMILES string of the molecule is C=CC(=C)C.COc1ccc(C)cc1.COc1ccc2nc(NC(=O)c3ccc(C)cn3)sc2c1. The number of pyridine rings is 1. The van der Waals surface area contributed by atoms with Crippen LogP contribution in [0.25, 0.3) is 10.2 Å². The summed E-state index contributed by atoms with van der Waals surface area (Å²) in [6, 6.07) is 17.1. The molecule has 1 amide bonds. The molecule has 2 aromatic heterocycles. The van der Waals surface area contributed by atoms with Crippen LogP contribution in [0.2, 0.25) is 0 Å². The average molecular weight is 490 g/mol. The zero-order chi connectivity index (χ0) is 25.8. The van der Waals surface area contributed by atoms with Gasteiger partial charge >= 0.3 is 0 Å². The Morgan fingerprint density at radius 3 is 2.11 bits per heavy atom. The van der Waals surface area contributed by atoms with Crippen LogP contribution in [0.4, 0.5) is 5.13 Å². The van der Waals surface area contributed by atoms with Gasteiger partial charge in [-0.3, -0.25) is 15.1 Å². The second-order valence-electron chi connectivity index (χ2n) is 7.60. The Kier molecular flexibility index (Phi) is 10.7. The Morgan fingerprint density at radius 1 is 0.971 bits per heavy atom. The third-order valence-electron chi connectivity index (χ3n) is 4.57. The molecular weight excluding hydrogens is 458 g/mol. The van der Waals surface area contributed by atoms with Crippen molar-refractivity contribution < 1.29 is 14.3 Å². The number of hydrogen-bond acceptors (Lipinski definition) is 6.